The number of ether oxygens (including phenoxy) is 2. The summed E-state index contributed by atoms with van der Waals surface area (Å²) in [6.45, 7) is 2.62. The molecule has 0 aliphatic carbocycles. The average molecular weight is 834 g/mol. The van der Waals surface area contributed by atoms with Crippen LogP contribution in [0.2, 0.25) is 0 Å². The number of methoxy groups -OCH3 is 2. The lowest BCUT2D eigenvalue weighted by Crippen LogP contribution is -2.61. The van der Waals surface area contributed by atoms with Crippen LogP contribution in [-0.2, 0) is 38.6 Å². The fourth-order valence-corrected chi connectivity index (χ4v) is 8.18. The summed E-state index contributed by atoms with van der Waals surface area (Å²) in [4.78, 5) is 35.6. The Kier molecular flexibility index (Phi) is 10.6. The van der Waals surface area contributed by atoms with E-state index in [0.29, 0.717) is 42.8 Å². The molecule has 0 aromatic heterocycles. The monoisotopic (exact) mass is 831 g/mol. The number of esters is 2. The number of carbonyl (C=O) groups is 2. The van der Waals surface area contributed by atoms with E-state index in [1.165, 1.54) is 14.2 Å². The van der Waals surface area contributed by atoms with Crippen molar-refractivity contribution in [2.24, 2.45) is 0 Å². The third-order valence-electron chi connectivity index (χ3n) is 9.96. The number of rotatable bonds is 10. The van der Waals surface area contributed by atoms with Crippen LogP contribution in [0.1, 0.15) is 30.0 Å². The molecule has 7 rings (SSSR count). The van der Waals surface area contributed by atoms with Crippen molar-refractivity contribution in [2.75, 3.05) is 28.9 Å². The molecule has 5 aromatic rings. The van der Waals surface area contributed by atoms with Crippen molar-refractivity contribution in [1.29, 1.82) is 0 Å². The molecule has 0 unspecified atom stereocenters. The lowest BCUT2D eigenvalue weighted by atomic mass is 9.90. The molecule has 0 radical (unpaired) electrons. The summed E-state index contributed by atoms with van der Waals surface area (Å²) in [5.74, 6) is -0.965. The predicted octanol–water partition coefficient (Wildman–Crippen LogP) is 9.96. The first-order chi connectivity index (χ1) is 25.8. The van der Waals surface area contributed by atoms with Crippen molar-refractivity contribution in [3.05, 3.63) is 182 Å². The Morgan fingerprint density at radius 1 is 0.604 bits per heavy atom. The largest absolute Gasteiger partial charge is 0.466 e. The van der Waals surface area contributed by atoms with Crippen LogP contribution in [0.3, 0.4) is 0 Å². The van der Waals surface area contributed by atoms with Crippen molar-refractivity contribution in [2.45, 2.75) is 38.5 Å². The zero-order valence-corrected chi connectivity index (χ0v) is 32.9. The second kappa shape index (κ2) is 15.5. The standard InChI is InChI=1S/C44H39Br2N3O4/c1-30(42(50)52-2)41-44(40(43(51)53-3)39(27-22-31-12-6-4-7-13-31)49(41)36-14-8-5-9-15-36)47(28-32-18-23-34(45)24-19-32)37-16-10-11-17-38(37)48(44)29-33-20-25-35(46)26-21-33/h4-21,23-26H,22,27-29H2,1-3H3. The van der Waals surface area contributed by atoms with E-state index in [9.17, 15) is 9.59 Å². The van der Waals surface area contributed by atoms with E-state index in [2.05, 4.69) is 95.1 Å². The van der Waals surface area contributed by atoms with E-state index >= 15 is 0 Å². The number of para-hydroxylation sites is 3. The van der Waals surface area contributed by atoms with Gasteiger partial charge in [0, 0.05) is 33.4 Å². The van der Waals surface area contributed by atoms with Crippen LogP contribution >= 0.6 is 31.9 Å². The molecule has 2 aliphatic heterocycles. The van der Waals surface area contributed by atoms with Crippen molar-refractivity contribution in [3.63, 3.8) is 0 Å². The maximum atomic E-state index is 14.9. The molecule has 7 nitrogen and oxygen atoms in total. The average Bonchev–Trinajstić information content (AvgIpc) is 3.64. The Labute approximate surface area is 327 Å². The van der Waals surface area contributed by atoms with Gasteiger partial charge >= 0.3 is 11.9 Å². The number of hydrogen-bond acceptors (Lipinski definition) is 7. The first-order valence-corrected chi connectivity index (χ1v) is 19.0. The van der Waals surface area contributed by atoms with Crippen LogP contribution in [0, 0.1) is 0 Å². The van der Waals surface area contributed by atoms with Crippen molar-refractivity contribution in [1.82, 2.24) is 0 Å². The number of aryl methyl sites for hydroxylation is 1. The number of hydrogen-bond donors (Lipinski definition) is 0. The van der Waals surface area contributed by atoms with Gasteiger partial charge in [0.1, 0.15) is 5.57 Å². The smallest absolute Gasteiger partial charge is 0.340 e. The van der Waals surface area contributed by atoms with Crippen molar-refractivity contribution in [3.8, 4) is 0 Å². The van der Waals surface area contributed by atoms with Gasteiger partial charge in [-0.3, -0.25) is 0 Å². The molecule has 2 heterocycles. The predicted molar refractivity (Wildman–Crippen MR) is 217 cm³/mol. The van der Waals surface area contributed by atoms with E-state index in [1.807, 2.05) is 84.9 Å². The zero-order chi connectivity index (χ0) is 37.1. The maximum absolute atomic E-state index is 14.9. The topological polar surface area (TPSA) is 62.3 Å². The Morgan fingerprint density at radius 2 is 1.09 bits per heavy atom. The van der Waals surface area contributed by atoms with Gasteiger partial charge in [-0.2, -0.15) is 0 Å². The zero-order valence-electron chi connectivity index (χ0n) is 29.8. The van der Waals surface area contributed by atoms with Gasteiger partial charge in [-0.15, -0.1) is 0 Å². The molecule has 2 aliphatic rings. The van der Waals surface area contributed by atoms with Crippen LogP contribution < -0.4 is 14.7 Å². The Hall–Kier alpha value is -5.12. The summed E-state index contributed by atoms with van der Waals surface area (Å²) in [7, 11) is 2.83. The highest BCUT2D eigenvalue weighted by Crippen LogP contribution is 2.60. The number of fused-ring (bicyclic) bond motifs is 1. The Balaban J connectivity index is 1.61. The number of nitrogens with zero attached hydrogens (tertiary/aromatic N) is 3. The van der Waals surface area contributed by atoms with Gasteiger partial charge in [-0.05, 0) is 85.0 Å². The molecule has 1 spiro atoms. The normalized spacial score (nSPS) is 15.5. The molecule has 0 bridgehead atoms. The number of carbonyl (C=O) groups excluding carboxylic acids is 2. The molecular formula is C44H39Br2N3O4. The fraction of sp³-hybridized carbons (Fsp3) is 0.182. The van der Waals surface area contributed by atoms with Gasteiger partial charge < -0.3 is 24.2 Å². The molecular weight excluding hydrogens is 794 g/mol. The van der Waals surface area contributed by atoms with Gasteiger partial charge in [0.25, 0.3) is 0 Å². The molecule has 268 valence electrons. The lowest BCUT2D eigenvalue weighted by Gasteiger charge is -2.46. The van der Waals surface area contributed by atoms with E-state index in [1.54, 1.807) is 6.92 Å². The molecule has 9 heteroatoms. The minimum absolute atomic E-state index is 0.377. The molecule has 53 heavy (non-hydrogen) atoms. The summed E-state index contributed by atoms with van der Waals surface area (Å²) in [5, 5.41) is 0. The van der Waals surface area contributed by atoms with Gasteiger partial charge in [-0.1, -0.05) is 117 Å². The minimum atomic E-state index is -1.36. The lowest BCUT2D eigenvalue weighted by molar-refractivity contribution is -0.137. The Morgan fingerprint density at radius 3 is 1.58 bits per heavy atom. The molecule has 0 saturated heterocycles. The van der Waals surface area contributed by atoms with E-state index in [-0.39, 0.29) is 0 Å². The van der Waals surface area contributed by atoms with Crippen LogP contribution in [0.4, 0.5) is 17.1 Å². The van der Waals surface area contributed by atoms with Gasteiger partial charge in [-0.25, -0.2) is 9.59 Å². The highest BCUT2D eigenvalue weighted by molar-refractivity contribution is 9.10. The molecule has 0 atom stereocenters. The fourth-order valence-electron chi connectivity index (χ4n) is 7.65. The summed E-state index contributed by atoms with van der Waals surface area (Å²) in [6, 6.07) is 44.8. The summed E-state index contributed by atoms with van der Waals surface area (Å²) >= 11 is 7.21. The number of benzene rings is 5. The first kappa shape index (κ1) is 36.2. The van der Waals surface area contributed by atoms with Gasteiger partial charge in [0.2, 0.25) is 0 Å². The molecule has 0 amide bonds. The molecule has 0 fully saturated rings. The molecule has 0 saturated carbocycles. The SMILES string of the molecule is COC(=O)C(C)=C1N(c2ccccc2)C(CCc2ccccc2)=C(C(=O)OC)C12N(Cc1ccc(Br)cc1)c1ccccc1N2Cc1ccc(Br)cc1. The quantitative estimate of drug-likeness (QED) is 0.103. The Bertz CT molecular complexity index is 2110. The van der Waals surface area contributed by atoms with Crippen LogP contribution in [0.15, 0.2) is 165 Å². The van der Waals surface area contributed by atoms with Crippen LogP contribution in [0.25, 0.3) is 0 Å². The third kappa shape index (κ3) is 6.68. The van der Waals surface area contributed by atoms with Crippen LogP contribution in [0.5, 0.6) is 0 Å². The van der Waals surface area contributed by atoms with E-state index in [4.69, 9.17) is 9.47 Å². The number of anilines is 3. The number of halogens is 2. The highest BCUT2D eigenvalue weighted by Gasteiger charge is 2.64. The summed E-state index contributed by atoms with van der Waals surface area (Å²) in [6.07, 6.45) is 1.13. The maximum Gasteiger partial charge on any atom is 0.340 e. The second-order valence-electron chi connectivity index (χ2n) is 13.0. The summed E-state index contributed by atoms with van der Waals surface area (Å²) in [5.41, 5.74) is 6.65. The van der Waals surface area contributed by atoms with E-state index < -0.39 is 17.6 Å². The second-order valence-corrected chi connectivity index (χ2v) is 14.9. The first-order valence-electron chi connectivity index (χ1n) is 17.4. The van der Waals surface area contributed by atoms with Gasteiger partial charge in [0.05, 0.1) is 36.9 Å². The van der Waals surface area contributed by atoms with Crippen molar-refractivity contribution >= 4 is 60.9 Å². The third-order valence-corrected chi connectivity index (χ3v) is 11.0. The van der Waals surface area contributed by atoms with Gasteiger partial charge in [0.15, 0.2) is 5.66 Å². The summed E-state index contributed by atoms with van der Waals surface area (Å²) < 4.78 is 13.2. The van der Waals surface area contributed by atoms with Crippen molar-refractivity contribution < 1.29 is 19.1 Å². The highest BCUT2D eigenvalue weighted by atomic mass is 79.9. The van der Waals surface area contributed by atoms with Crippen LogP contribution in [-0.4, -0.2) is 31.8 Å². The molecule has 5 aromatic carbocycles. The minimum Gasteiger partial charge on any atom is -0.466 e. The molecule has 0 N–H and O–H groups in total. The van der Waals surface area contributed by atoms with E-state index in [0.717, 1.165) is 48.4 Å². The number of allylic oxidation sites excluding steroid dienone is 1.